The molecule has 2 nitrogen and oxygen atoms in total. The topological polar surface area (TPSA) is 15.3 Å². The smallest absolute Gasteiger partial charge is 0.0701 e. The van der Waals surface area contributed by atoms with Crippen LogP contribution in [0.15, 0.2) is 15.9 Å². The number of hydrogen-bond acceptors (Lipinski definition) is 3. The van der Waals surface area contributed by atoms with E-state index < -0.39 is 0 Å². The fourth-order valence-corrected chi connectivity index (χ4v) is 3.56. The summed E-state index contributed by atoms with van der Waals surface area (Å²) in [4.78, 5) is 4.01. The Bertz CT molecular complexity index is 326. The zero-order valence-corrected chi connectivity index (χ0v) is 11.6. The molecule has 0 spiro atoms. The third-order valence-corrected chi connectivity index (χ3v) is 4.75. The molecule has 2 atom stereocenters. The lowest BCUT2D eigenvalue weighted by atomic mass is 10.1. The van der Waals surface area contributed by atoms with E-state index in [-0.39, 0.29) is 0 Å². The van der Waals surface area contributed by atoms with Gasteiger partial charge >= 0.3 is 0 Å². The molecule has 1 saturated heterocycles. The fraction of sp³-hybridized carbons (Fsp3) is 0.636. The van der Waals surface area contributed by atoms with Crippen LogP contribution in [0.5, 0.6) is 0 Å². The second-order valence-electron chi connectivity index (χ2n) is 4.17. The molecular formula is C11H17BrN2S. The molecule has 0 radical (unpaired) electrons. The molecule has 1 aromatic rings. The molecule has 0 amide bonds. The third-order valence-electron chi connectivity index (χ3n) is 2.95. The predicted octanol–water partition coefficient (Wildman–Crippen LogP) is 2.87. The quantitative estimate of drug-likeness (QED) is 0.900. The van der Waals surface area contributed by atoms with Crippen LogP contribution in [-0.2, 0) is 0 Å². The van der Waals surface area contributed by atoms with E-state index in [9.17, 15) is 0 Å². The van der Waals surface area contributed by atoms with Crippen LogP contribution in [0.4, 0.5) is 0 Å². The average Bonchev–Trinajstić information content (AvgIpc) is 2.64. The van der Waals surface area contributed by atoms with Crippen molar-refractivity contribution < 1.29 is 0 Å². The van der Waals surface area contributed by atoms with Crippen LogP contribution >= 0.6 is 27.3 Å². The van der Waals surface area contributed by atoms with Gasteiger partial charge in [0.2, 0.25) is 0 Å². The van der Waals surface area contributed by atoms with Crippen molar-refractivity contribution in [3.05, 3.63) is 20.8 Å². The molecule has 1 aliphatic rings. The SMILES string of the molecule is CC1CN(C(C)c2ccc(Br)s2)CCN1. The first-order chi connectivity index (χ1) is 7.16. The average molecular weight is 289 g/mol. The number of rotatable bonds is 2. The van der Waals surface area contributed by atoms with Crippen molar-refractivity contribution in [2.24, 2.45) is 0 Å². The summed E-state index contributed by atoms with van der Waals surface area (Å²) in [6.07, 6.45) is 0. The van der Waals surface area contributed by atoms with E-state index in [1.807, 2.05) is 11.3 Å². The highest BCUT2D eigenvalue weighted by Gasteiger charge is 2.22. The summed E-state index contributed by atoms with van der Waals surface area (Å²) in [6, 6.07) is 5.53. The van der Waals surface area contributed by atoms with Crippen molar-refractivity contribution in [3.8, 4) is 0 Å². The zero-order chi connectivity index (χ0) is 10.8. The molecule has 0 aromatic carbocycles. The van der Waals surface area contributed by atoms with Gasteiger partial charge in [0.05, 0.1) is 3.79 Å². The summed E-state index contributed by atoms with van der Waals surface area (Å²) in [6.45, 7) is 7.97. The molecule has 1 aliphatic heterocycles. The number of nitrogens with zero attached hydrogens (tertiary/aromatic N) is 1. The van der Waals surface area contributed by atoms with Crippen LogP contribution in [0.25, 0.3) is 0 Å². The molecule has 1 N–H and O–H groups in total. The second-order valence-corrected chi connectivity index (χ2v) is 6.66. The van der Waals surface area contributed by atoms with Gasteiger partial charge in [-0.15, -0.1) is 11.3 Å². The Hall–Kier alpha value is 0.1000. The Kier molecular flexibility index (Phi) is 3.83. The molecule has 2 unspecified atom stereocenters. The van der Waals surface area contributed by atoms with Crippen molar-refractivity contribution in [2.75, 3.05) is 19.6 Å². The van der Waals surface area contributed by atoms with Crippen molar-refractivity contribution in [1.82, 2.24) is 10.2 Å². The lowest BCUT2D eigenvalue weighted by Crippen LogP contribution is -2.49. The Morgan fingerprint density at radius 1 is 1.60 bits per heavy atom. The number of halogens is 1. The van der Waals surface area contributed by atoms with Gasteiger partial charge in [0.25, 0.3) is 0 Å². The van der Waals surface area contributed by atoms with Crippen molar-refractivity contribution in [2.45, 2.75) is 25.9 Å². The highest BCUT2D eigenvalue weighted by Crippen LogP contribution is 2.30. The third kappa shape index (κ3) is 2.81. The monoisotopic (exact) mass is 288 g/mol. The maximum Gasteiger partial charge on any atom is 0.0701 e. The summed E-state index contributed by atoms with van der Waals surface area (Å²) >= 11 is 5.37. The minimum atomic E-state index is 0.547. The summed E-state index contributed by atoms with van der Waals surface area (Å²) < 4.78 is 1.23. The molecule has 0 bridgehead atoms. The van der Waals surface area contributed by atoms with Gasteiger partial charge in [-0.1, -0.05) is 0 Å². The minimum Gasteiger partial charge on any atom is -0.312 e. The van der Waals surface area contributed by atoms with Crippen LogP contribution in [0.1, 0.15) is 24.8 Å². The Labute approximate surface area is 104 Å². The summed E-state index contributed by atoms with van der Waals surface area (Å²) in [5, 5.41) is 3.48. The number of hydrogen-bond donors (Lipinski definition) is 1. The maximum absolute atomic E-state index is 3.52. The van der Waals surface area contributed by atoms with Crippen molar-refractivity contribution in [3.63, 3.8) is 0 Å². The van der Waals surface area contributed by atoms with Crippen LogP contribution in [-0.4, -0.2) is 30.6 Å². The van der Waals surface area contributed by atoms with Gasteiger partial charge in [0.15, 0.2) is 0 Å². The highest BCUT2D eigenvalue weighted by molar-refractivity contribution is 9.11. The Morgan fingerprint density at radius 3 is 3.00 bits per heavy atom. The van der Waals surface area contributed by atoms with Crippen LogP contribution in [0.3, 0.4) is 0 Å². The van der Waals surface area contributed by atoms with E-state index in [4.69, 9.17) is 0 Å². The van der Waals surface area contributed by atoms with E-state index in [0.717, 1.165) is 19.6 Å². The van der Waals surface area contributed by atoms with E-state index in [0.29, 0.717) is 12.1 Å². The zero-order valence-electron chi connectivity index (χ0n) is 9.16. The van der Waals surface area contributed by atoms with E-state index in [1.165, 1.54) is 8.66 Å². The normalized spacial score (nSPS) is 25.4. The van der Waals surface area contributed by atoms with Crippen LogP contribution in [0.2, 0.25) is 0 Å². The number of nitrogens with one attached hydrogen (secondary N) is 1. The molecule has 0 saturated carbocycles. The summed E-state index contributed by atoms with van der Waals surface area (Å²) in [7, 11) is 0. The van der Waals surface area contributed by atoms with E-state index >= 15 is 0 Å². The predicted molar refractivity (Wildman–Crippen MR) is 69.5 cm³/mol. The van der Waals surface area contributed by atoms with Crippen molar-refractivity contribution in [1.29, 1.82) is 0 Å². The number of thiophene rings is 1. The van der Waals surface area contributed by atoms with E-state index in [2.05, 4.69) is 52.1 Å². The molecule has 1 aromatic heterocycles. The maximum atomic E-state index is 3.52. The standard InChI is InChI=1S/C11H17BrN2S/c1-8-7-14(6-5-13-8)9(2)10-3-4-11(12)15-10/h3-4,8-9,13H,5-7H2,1-2H3. The first-order valence-corrected chi connectivity index (χ1v) is 7.00. The Balaban J connectivity index is 2.03. The second kappa shape index (κ2) is 4.95. The van der Waals surface area contributed by atoms with E-state index in [1.54, 1.807) is 0 Å². The molecule has 4 heteroatoms. The number of piperazine rings is 1. The molecule has 1 fully saturated rings. The summed E-state index contributed by atoms with van der Waals surface area (Å²) in [5.74, 6) is 0. The molecule has 2 heterocycles. The van der Waals surface area contributed by atoms with Gasteiger partial charge in [-0.25, -0.2) is 0 Å². The lowest BCUT2D eigenvalue weighted by molar-refractivity contribution is 0.161. The Morgan fingerprint density at radius 2 is 2.40 bits per heavy atom. The fourth-order valence-electron chi connectivity index (χ4n) is 2.05. The molecule has 84 valence electrons. The van der Waals surface area contributed by atoms with Gasteiger partial charge in [-0.2, -0.15) is 0 Å². The van der Waals surface area contributed by atoms with Crippen molar-refractivity contribution >= 4 is 27.3 Å². The molecule has 15 heavy (non-hydrogen) atoms. The van der Waals surface area contributed by atoms with Crippen LogP contribution in [0, 0.1) is 0 Å². The van der Waals surface area contributed by atoms with Crippen LogP contribution < -0.4 is 5.32 Å². The van der Waals surface area contributed by atoms with Gasteiger partial charge in [0, 0.05) is 36.6 Å². The lowest BCUT2D eigenvalue weighted by Gasteiger charge is -2.35. The molecule has 2 rings (SSSR count). The highest BCUT2D eigenvalue weighted by atomic mass is 79.9. The van der Waals surface area contributed by atoms with Gasteiger partial charge in [-0.3, -0.25) is 4.90 Å². The first-order valence-electron chi connectivity index (χ1n) is 5.39. The minimum absolute atomic E-state index is 0.547. The molecule has 0 aliphatic carbocycles. The largest absolute Gasteiger partial charge is 0.312 e. The summed E-state index contributed by atoms with van der Waals surface area (Å²) in [5.41, 5.74) is 0. The first kappa shape index (κ1) is 11.6. The van der Waals surface area contributed by atoms with Gasteiger partial charge in [-0.05, 0) is 41.9 Å². The van der Waals surface area contributed by atoms with Gasteiger partial charge < -0.3 is 5.32 Å². The van der Waals surface area contributed by atoms with Gasteiger partial charge in [0.1, 0.15) is 0 Å². The molecular weight excluding hydrogens is 272 g/mol.